The van der Waals surface area contributed by atoms with E-state index in [1.165, 1.54) is 0 Å². The molecular weight excluding hydrogens is 477 g/mol. The SMILES string of the molecule is CCNC(=NCc1ccn(-c2ccccc2)n1)NCC(CO)c1ccccc1.I. The van der Waals surface area contributed by atoms with E-state index >= 15 is 0 Å². The molecule has 0 aliphatic heterocycles. The minimum Gasteiger partial charge on any atom is -0.396 e. The van der Waals surface area contributed by atoms with E-state index in [9.17, 15) is 5.11 Å². The van der Waals surface area contributed by atoms with Gasteiger partial charge in [0.1, 0.15) is 0 Å². The maximum absolute atomic E-state index is 9.73. The number of aromatic nitrogens is 2. The van der Waals surface area contributed by atoms with E-state index in [1.54, 1.807) is 0 Å². The zero-order chi connectivity index (χ0) is 19.6. The third-order valence-corrected chi connectivity index (χ3v) is 4.42. The maximum atomic E-state index is 9.73. The molecule has 0 aliphatic carbocycles. The molecule has 0 bridgehead atoms. The van der Waals surface area contributed by atoms with Gasteiger partial charge in [0.2, 0.25) is 0 Å². The Bertz CT molecular complexity index is 867. The van der Waals surface area contributed by atoms with Crippen molar-refractivity contribution in [1.29, 1.82) is 0 Å². The van der Waals surface area contributed by atoms with Gasteiger partial charge in [0.15, 0.2) is 5.96 Å². The standard InChI is InChI=1S/C22H27N5O.HI/c1-2-23-22(24-15-19(17-28)18-9-5-3-6-10-18)25-16-20-13-14-27(26-20)21-11-7-4-8-12-21;/h3-14,19,28H,2,15-17H2,1H3,(H2,23,24,25);1H. The highest BCUT2D eigenvalue weighted by molar-refractivity contribution is 14.0. The molecule has 29 heavy (non-hydrogen) atoms. The van der Waals surface area contributed by atoms with Crippen LogP contribution < -0.4 is 10.6 Å². The van der Waals surface area contributed by atoms with Crippen molar-refractivity contribution in [1.82, 2.24) is 20.4 Å². The van der Waals surface area contributed by atoms with Crippen LogP contribution in [0.4, 0.5) is 0 Å². The van der Waals surface area contributed by atoms with Crippen LogP contribution in [-0.2, 0) is 6.54 Å². The molecule has 1 atom stereocenters. The van der Waals surface area contributed by atoms with Crippen LogP contribution >= 0.6 is 24.0 Å². The van der Waals surface area contributed by atoms with Gasteiger partial charge in [-0.2, -0.15) is 5.10 Å². The molecule has 0 saturated heterocycles. The zero-order valence-electron chi connectivity index (χ0n) is 16.5. The monoisotopic (exact) mass is 505 g/mol. The van der Waals surface area contributed by atoms with Gasteiger partial charge in [-0.25, -0.2) is 9.67 Å². The topological polar surface area (TPSA) is 74.5 Å². The quantitative estimate of drug-likeness (QED) is 0.250. The maximum Gasteiger partial charge on any atom is 0.191 e. The fraction of sp³-hybridized carbons (Fsp3) is 0.273. The smallest absolute Gasteiger partial charge is 0.191 e. The summed E-state index contributed by atoms with van der Waals surface area (Å²) in [5.41, 5.74) is 3.02. The minimum atomic E-state index is 0. The van der Waals surface area contributed by atoms with Crippen molar-refractivity contribution in [3.63, 3.8) is 0 Å². The van der Waals surface area contributed by atoms with E-state index in [4.69, 9.17) is 0 Å². The van der Waals surface area contributed by atoms with Gasteiger partial charge >= 0.3 is 0 Å². The lowest BCUT2D eigenvalue weighted by atomic mass is 10.0. The molecule has 7 heteroatoms. The molecule has 0 saturated carbocycles. The molecule has 6 nitrogen and oxygen atoms in total. The molecule has 3 rings (SSSR count). The first-order valence-corrected chi connectivity index (χ1v) is 9.58. The Morgan fingerprint density at radius 1 is 1.03 bits per heavy atom. The van der Waals surface area contributed by atoms with Crippen molar-refractivity contribution in [2.75, 3.05) is 19.7 Å². The summed E-state index contributed by atoms with van der Waals surface area (Å²) in [4.78, 5) is 4.63. The van der Waals surface area contributed by atoms with E-state index in [1.807, 2.05) is 84.5 Å². The van der Waals surface area contributed by atoms with Crippen LogP contribution in [0.3, 0.4) is 0 Å². The average molecular weight is 505 g/mol. The number of halogens is 1. The van der Waals surface area contributed by atoms with Crippen LogP contribution in [0.2, 0.25) is 0 Å². The Balaban J connectivity index is 0.00000300. The number of para-hydroxylation sites is 1. The lowest BCUT2D eigenvalue weighted by Gasteiger charge is -2.18. The van der Waals surface area contributed by atoms with Gasteiger partial charge in [-0.3, -0.25) is 0 Å². The number of benzene rings is 2. The number of hydrogen-bond donors (Lipinski definition) is 3. The van der Waals surface area contributed by atoms with Gasteiger partial charge < -0.3 is 15.7 Å². The number of nitrogens with one attached hydrogen (secondary N) is 2. The second-order valence-corrected chi connectivity index (χ2v) is 6.45. The van der Waals surface area contributed by atoms with E-state index in [0.717, 1.165) is 23.5 Å². The summed E-state index contributed by atoms with van der Waals surface area (Å²) in [5.74, 6) is 0.730. The second-order valence-electron chi connectivity index (χ2n) is 6.45. The third kappa shape index (κ3) is 6.86. The molecule has 0 aliphatic rings. The highest BCUT2D eigenvalue weighted by Gasteiger charge is 2.11. The number of guanidine groups is 1. The van der Waals surface area contributed by atoms with Crippen molar-refractivity contribution in [3.05, 3.63) is 84.2 Å². The van der Waals surface area contributed by atoms with Crippen molar-refractivity contribution < 1.29 is 5.11 Å². The van der Waals surface area contributed by atoms with E-state index < -0.39 is 0 Å². The van der Waals surface area contributed by atoms with Crippen molar-refractivity contribution in [2.24, 2.45) is 4.99 Å². The minimum absolute atomic E-state index is 0. The fourth-order valence-corrected chi connectivity index (χ4v) is 2.91. The Hall–Kier alpha value is -2.39. The Labute approximate surface area is 189 Å². The molecule has 1 unspecified atom stereocenters. The van der Waals surface area contributed by atoms with E-state index in [2.05, 4.69) is 20.7 Å². The Kier molecular flexibility index (Phi) is 9.66. The van der Waals surface area contributed by atoms with Crippen molar-refractivity contribution >= 4 is 29.9 Å². The van der Waals surface area contributed by atoms with Crippen LogP contribution in [0.5, 0.6) is 0 Å². The largest absolute Gasteiger partial charge is 0.396 e. The van der Waals surface area contributed by atoms with Crippen LogP contribution in [-0.4, -0.2) is 40.5 Å². The summed E-state index contributed by atoms with van der Waals surface area (Å²) >= 11 is 0. The number of hydrogen-bond acceptors (Lipinski definition) is 3. The molecule has 3 aromatic rings. The molecule has 3 N–H and O–H groups in total. The van der Waals surface area contributed by atoms with Crippen molar-refractivity contribution in [2.45, 2.75) is 19.4 Å². The van der Waals surface area contributed by atoms with E-state index in [0.29, 0.717) is 19.0 Å². The van der Waals surface area contributed by atoms with Crippen LogP contribution in [0.15, 0.2) is 77.9 Å². The van der Waals surface area contributed by atoms with Crippen LogP contribution in [0.25, 0.3) is 5.69 Å². The summed E-state index contributed by atoms with van der Waals surface area (Å²) < 4.78 is 1.85. The van der Waals surface area contributed by atoms with Gasteiger partial charge in [-0.1, -0.05) is 48.5 Å². The van der Waals surface area contributed by atoms with Gasteiger partial charge in [0.05, 0.1) is 24.5 Å². The molecule has 0 fully saturated rings. The summed E-state index contributed by atoms with van der Waals surface area (Å²) in [6, 6.07) is 22.0. The summed E-state index contributed by atoms with van der Waals surface area (Å²) in [6.45, 7) is 3.95. The predicted molar refractivity (Wildman–Crippen MR) is 128 cm³/mol. The molecule has 0 radical (unpaired) electrons. The Morgan fingerprint density at radius 3 is 2.38 bits per heavy atom. The zero-order valence-corrected chi connectivity index (χ0v) is 18.9. The summed E-state index contributed by atoms with van der Waals surface area (Å²) in [5, 5.41) is 20.9. The van der Waals surface area contributed by atoms with Crippen LogP contribution in [0, 0.1) is 0 Å². The highest BCUT2D eigenvalue weighted by Crippen LogP contribution is 2.13. The highest BCUT2D eigenvalue weighted by atomic mass is 127. The van der Waals surface area contributed by atoms with Gasteiger partial charge in [0.25, 0.3) is 0 Å². The number of aliphatic imine (C=N–C) groups is 1. The van der Waals surface area contributed by atoms with E-state index in [-0.39, 0.29) is 36.5 Å². The number of aliphatic hydroxyl groups is 1. The number of aliphatic hydroxyl groups excluding tert-OH is 1. The molecule has 1 aromatic heterocycles. The first-order chi connectivity index (χ1) is 13.8. The third-order valence-electron chi connectivity index (χ3n) is 4.42. The first kappa shape index (κ1) is 22.9. The molecular formula is C22H28IN5O. The average Bonchev–Trinajstić information content (AvgIpc) is 3.23. The Morgan fingerprint density at radius 2 is 1.72 bits per heavy atom. The molecule has 0 amide bonds. The first-order valence-electron chi connectivity index (χ1n) is 9.58. The summed E-state index contributed by atoms with van der Waals surface area (Å²) in [7, 11) is 0. The van der Waals surface area contributed by atoms with Crippen LogP contribution in [0.1, 0.15) is 24.1 Å². The lowest BCUT2D eigenvalue weighted by molar-refractivity contribution is 0.265. The second kappa shape index (κ2) is 12.2. The van der Waals surface area contributed by atoms with Crippen molar-refractivity contribution in [3.8, 4) is 5.69 Å². The summed E-state index contributed by atoms with van der Waals surface area (Å²) in [6.07, 6.45) is 1.94. The predicted octanol–water partition coefficient (Wildman–Crippen LogP) is 3.32. The molecule has 2 aromatic carbocycles. The van der Waals surface area contributed by atoms with Gasteiger partial charge in [0, 0.05) is 25.2 Å². The molecule has 0 spiro atoms. The number of rotatable bonds is 8. The molecule has 1 heterocycles. The fourth-order valence-electron chi connectivity index (χ4n) is 2.91. The molecule has 154 valence electrons. The number of nitrogens with zero attached hydrogens (tertiary/aromatic N) is 3. The lowest BCUT2D eigenvalue weighted by Crippen LogP contribution is -2.39. The van der Waals surface area contributed by atoms with Gasteiger partial charge in [-0.15, -0.1) is 24.0 Å². The normalized spacial score (nSPS) is 12.1. The van der Waals surface area contributed by atoms with Gasteiger partial charge in [-0.05, 0) is 30.7 Å².